The van der Waals surface area contributed by atoms with Gasteiger partial charge < -0.3 is 4.74 Å². The Kier molecular flexibility index (Phi) is 6.42. The third kappa shape index (κ3) is 5.47. The minimum atomic E-state index is 0.579. The van der Waals surface area contributed by atoms with Crippen molar-refractivity contribution in [3.8, 4) is 0 Å². The highest BCUT2D eigenvalue weighted by molar-refractivity contribution is 6.17. The Hall–Kier alpha value is -0.610. The molecule has 1 heterocycles. The van der Waals surface area contributed by atoms with E-state index in [-0.39, 0.29) is 0 Å². The van der Waals surface area contributed by atoms with Gasteiger partial charge in [0, 0.05) is 18.7 Å². The zero-order chi connectivity index (χ0) is 11.8. The number of halogens is 1. The second-order valence-electron chi connectivity index (χ2n) is 4.23. The molecule has 0 N–H and O–H groups in total. The van der Waals surface area contributed by atoms with E-state index < -0.39 is 0 Å². The van der Waals surface area contributed by atoms with E-state index in [1.54, 1.807) is 0 Å². The van der Waals surface area contributed by atoms with Crippen LogP contribution in [0.3, 0.4) is 0 Å². The molecule has 1 aromatic rings. The lowest BCUT2D eigenvalue weighted by Crippen LogP contribution is -2.09. The third-order valence-electron chi connectivity index (χ3n) is 2.07. The number of hydrogen-bond acceptors (Lipinski definition) is 3. The van der Waals surface area contributed by atoms with Gasteiger partial charge in [0.1, 0.15) is 0 Å². The molecular formula is C11H20ClN3O. The van der Waals surface area contributed by atoms with Gasteiger partial charge in [-0.25, -0.2) is 4.68 Å². The smallest absolute Gasteiger partial charge is 0.0827 e. The number of alkyl halides is 1. The molecule has 16 heavy (non-hydrogen) atoms. The van der Waals surface area contributed by atoms with Gasteiger partial charge in [-0.05, 0) is 18.8 Å². The molecule has 92 valence electrons. The summed E-state index contributed by atoms with van der Waals surface area (Å²) in [4.78, 5) is 0. The summed E-state index contributed by atoms with van der Waals surface area (Å²) in [5.74, 6) is 1.25. The predicted octanol–water partition coefficient (Wildman–Crippen LogP) is 2.12. The molecule has 0 atom stereocenters. The number of aryl methyl sites for hydroxylation is 1. The molecule has 0 saturated carbocycles. The molecule has 0 saturated heterocycles. The van der Waals surface area contributed by atoms with E-state index in [1.165, 1.54) is 0 Å². The van der Waals surface area contributed by atoms with Crippen LogP contribution in [0.25, 0.3) is 0 Å². The maximum atomic E-state index is 5.62. The van der Waals surface area contributed by atoms with Crippen LogP contribution in [0.1, 0.15) is 26.0 Å². The Labute approximate surface area is 102 Å². The summed E-state index contributed by atoms with van der Waals surface area (Å²) in [7, 11) is 0. The quantitative estimate of drug-likeness (QED) is 0.520. The highest BCUT2D eigenvalue weighted by Gasteiger charge is 2.00. The number of ether oxygens (including phenoxy) is 1. The van der Waals surface area contributed by atoms with Gasteiger partial charge in [0.25, 0.3) is 0 Å². The summed E-state index contributed by atoms with van der Waals surface area (Å²) in [5, 5.41) is 8.10. The SMILES string of the molecule is CC(C)COCCn1cc(CCCCl)nn1. The van der Waals surface area contributed by atoms with Crippen LogP contribution < -0.4 is 0 Å². The van der Waals surface area contributed by atoms with Gasteiger partial charge in [-0.1, -0.05) is 19.1 Å². The van der Waals surface area contributed by atoms with Gasteiger partial charge in [0.15, 0.2) is 0 Å². The molecule has 0 aliphatic heterocycles. The minimum Gasteiger partial charge on any atom is -0.379 e. The van der Waals surface area contributed by atoms with Crippen molar-refractivity contribution in [2.75, 3.05) is 19.1 Å². The van der Waals surface area contributed by atoms with Crippen molar-refractivity contribution in [3.05, 3.63) is 11.9 Å². The summed E-state index contributed by atoms with van der Waals surface area (Å²) >= 11 is 5.62. The monoisotopic (exact) mass is 245 g/mol. The van der Waals surface area contributed by atoms with Gasteiger partial charge in [0.2, 0.25) is 0 Å². The zero-order valence-corrected chi connectivity index (χ0v) is 10.8. The average molecular weight is 246 g/mol. The van der Waals surface area contributed by atoms with Crippen LogP contribution in [0, 0.1) is 5.92 Å². The fourth-order valence-corrected chi connectivity index (χ4v) is 1.42. The molecule has 1 rings (SSSR count). The molecule has 4 nitrogen and oxygen atoms in total. The minimum absolute atomic E-state index is 0.579. The number of hydrogen-bond donors (Lipinski definition) is 0. The number of nitrogens with zero attached hydrogens (tertiary/aromatic N) is 3. The molecule has 0 fully saturated rings. The Morgan fingerprint density at radius 2 is 2.31 bits per heavy atom. The second-order valence-corrected chi connectivity index (χ2v) is 4.61. The van der Waals surface area contributed by atoms with Gasteiger partial charge in [0.05, 0.1) is 18.8 Å². The maximum absolute atomic E-state index is 5.62. The summed E-state index contributed by atoms with van der Waals surface area (Å²) in [6.07, 6.45) is 3.81. The molecule has 0 unspecified atom stereocenters. The highest BCUT2D eigenvalue weighted by atomic mass is 35.5. The molecule has 0 amide bonds. The van der Waals surface area contributed by atoms with E-state index in [9.17, 15) is 0 Å². The number of aromatic nitrogens is 3. The van der Waals surface area contributed by atoms with Crippen molar-refractivity contribution < 1.29 is 4.74 Å². The molecule has 0 radical (unpaired) electrons. The van der Waals surface area contributed by atoms with Crippen molar-refractivity contribution in [2.45, 2.75) is 33.2 Å². The molecule has 0 aromatic carbocycles. The van der Waals surface area contributed by atoms with Crippen molar-refractivity contribution in [1.29, 1.82) is 0 Å². The van der Waals surface area contributed by atoms with Crippen LogP contribution in [-0.2, 0) is 17.7 Å². The van der Waals surface area contributed by atoms with Crippen LogP contribution in [0.4, 0.5) is 0 Å². The van der Waals surface area contributed by atoms with Crippen molar-refractivity contribution >= 4 is 11.6 Å². The standard InChI is InChI=1S/C11H20ClN3O/c1-10(2)9-16-7-6-15-8-11(13-14-15)4-3-5-12/h8,10H,3-7,9H2,1-2H3. The van der Waals surface area contributed by atoms with Crippen molar-refractivity contribution in [3.63, 3.8) is 0 Å². The van der Waals surface area contributed by atoms with Gasteiger partial charge >= 0.3 is 0 Å². The van der Waals surface area contributed by atoms with Crippen LogP contribution in [0.15, 0.2) is 6.20 Å². The third-order valence-corrected chi connectivity index (χ3v) is 2.34. The molecule has 1 aromatic heterocycles. The first-order valence-corrected chi connectivity index (χ1v) is 6.28. The largest absolute Gasteiger partial charge is 0.379 e. The summed E-state index contributed by atoms with van der Waals surface area (Å²) in [6, 6.07) is 0. The van der Waals surface area contributed by atoms with E-state index in [2.05, 4.69) is 24.2 Å². The van der Waals surface area contributed by atoms with E-state index >= 15 is 0 Å². The second kappa shape index (κ2) is 7.63. The lowest BCUT2D eigenvalue weighted by molar-refractivity contribution is 0.101. The Balaban J connectivity index is 2.19. The van der Waals surface area contributed by atoms with Crippen LogP contribution in [0.2, 0.25) is 0 Å². The van der Waals surface area contributed by atoms with E-state index in [4.69, 9.17) is 16.3 Å². The molecule has 0 aliphatic rings. The Morgan fingerprint density at radius 1 is 1.50 bits per heavy atom. The van der Waals surface area contributed by atoms with E-state index in [0.717, 1.165) is 31.7 Å². The topological polar surface area (TPSA) is 39.9 Å². The van der Waals surface area contributed by atoms with Crippen molar-refractivity contribution in [1.82, 2.24) is 15.0 Å². The number of rotatable bonds is 8. The van der Waals surface area contributed by atoms with Crippen LogP contribution in [-0.4, -0.2) is 34.1 Å². The zero-order valence-electron chi connectivity index (χ0n) is 10.0. The van der Waals surface area contributed by atoms with E-state index in [1.807, 2.05) is 10.9 Å². The summed E-state index contributed by atoms with van der Waals surface area (Å²) in [6.45, 7) is 6.53. The normalized spacial score (nSPS) is 11.2. The lowest BCUT2D eigenvalue weighted by atomic mass is 10.2. The fourth-order valence-electron chi connectivity index (χ4n) is 1.29. The molecule has 0 bridgehead atoms. The van der Waals surface area contributed by atoms with Gasteiger partial charge in [-0.3, -0.25) is 0 Å². The first kappa shape index (κ1) is 13.5. The Bertz CT molecular complexity index is 289. The Morgan fingerprint density at radius 3 is 3.00 bits per heavy atom. The predicted molar refractivity (Wildman–Crippen MR) is 64.7 cm³/mol. The first-order valence-electron chi connectivity index (χ1n) is 5.75. The average Bonchev–Trinajstić information content (AvgIpc) is 2.69. The van der Waals surface area contributed by atoms with Crippen LogP contribution >= 0.6 is 11.6 Å². The van der Waals surface area contributed by atoms with E-state index in [0.29, 0.717) is 18.4 Å². The lowest BCUT2D eigenvalue weighted by Gasteiger charge is -2.05. The maximum Gasteiger partial charge on any atom is 0.0827 e. The van der Waals surface area contributed by atoms with Gasteiger partial charge in [-0.15, -0.1) is 16.7 Å². The molecular weight excluding hydrogens is 226 g/mol. The fraction of sp³-hybridized carbons (Fsp3) is 0.818. The molecule has 5 heteroatoms. The summed E-state index contributed by atoms with van der Waals surface area (Å²) in [5.41, 5.74) is 1.00. The summed E-state index contributed by atoms with van der Waals surface area (Å²) < 4.78 is 7.30. The van der Waals surface area contributed by atoms with Crippen LogP contribution in [0.5, 0.6) is 0 Å². The first-order chi connectivity index (χ1) is 7.72. The molecule has 0 spiro atoms. The van der Waals surface area contributed by atoms with Crippen molar-refractivity contribution in [2.24, 2.45) is 5.92 Å². The van der Waals surface area contributed by atoms with Gasteiger partial charge in [-0.2, -0.15) is 0 Å². The molecule has 0 aliphatic carbocycles. The highest BCUT2D eigenvalue weighted by Crippen LogP contribution is 1.99.